The predicted octanol–water partition coefficient (Wildman–Crippen LogP) is 2.98. The third-order valence-corrected chi connectivity index (χ3v) is 3.79. The lowest BCUT2D eigenvalue weighted by atomic mass is 10.1. The molecule has 0 bridgehead atoms. The van der Waals surface area contributed by atoms with Gasteiger partial charge in [-0.25, -0.2) is 4.79 Å². The van der Waals surface area contributed by atoms with Crippen LogP contribution < -0.4 is 10.6 Å². The van der Waals surface area contributed by atoms with Gasteiger partial charge in [0.2, 0.25) is 0 Å². The van der Waals surface area contributed by atoms with Gasteiger partial charge in [-0.05, 0) is 12.8 Å². The van der Waals surface area contributed by atoms with Gasteiger partial charge in [-0.3, -0.25) is 10.00 Å². The van der Waals surface area contributed by atoms with E-state index in [-0.39, 0.29) is 11.9 Å². The molecule has 7 nitrogen and oxygen atoms in total. The largest absolute Gasteiger partial charge is 0.359 e. The fourth-order valence-electron chi connectivity index (χ4n) is 2.54. The Bertz CT molecular complexity index is 672. The smallest absolute Gasteiger partial charge is 0.320 e. The Morgan fingerprint density at radius 3 is 2.65 bits per heavy atom. The van der Waals surface area contributed by atoms with Crippen LogP contribution in [-0.4, -0.2) is 21.0 Å². The fraction of sp³-hybridized carbons (Fsp3) is 0.562. The number of amides is 2. The van der Waals surface area contributed by atoms with Gasteiger partial charge in [0.1, 0.15) is 5.76 Å². The van der Waals surface area contributed by atoms with Gasteiger partial charge in [-0.15, -0.1) is 0 Å². The normalized spacial score (nSPS) is 11.0. The predicted molar refractivity (Wildman–Crippen MR) is 88.4 cm³/mol. The van der Waals surface area contributed by atoms with E-state index in [2.05, 4.69) is 34.7 Å². The second-order valence-electron chi connectivity index (χ2n) is 5.78. The number of aromatic nitrogens is 3. The van der Waals surface area contributed by atoms with Crippen molar-refractivity contribution in [3.8, 4) is 0 Å². The molecule has 2 aromatic rings. The molecule has 2 heterocycles. The van der Waals surface area contributed by atoms with Crippen molar-refractivity contribution in [3.05, 3.63) is 28.8 Å². The zero-order chi connectivity index (χ0) is 17.0. The molecule has 0 aliphatic rings. The van der Waals surface area contributed by atoms with Gasteiger partial charge in [0.25, 0.3) is 0 Å². The van der Waals surface area contributed by atoms with Crippen molar-refractivity contribution in [2.24, 2.45) is 7.05 Å². The maximum atomic E-state index is 12.0. The van der Waals surface area contributed by atoms with Crippen molar-refractivity contribution in [2.75, 3.05) is 5.32 Å². The molecule has 0 saturated carbocycles. The van der Waals surface area contributed by atoms with Crippen LogP contribution in [0, 0.1) is 0 Å². The molecule has 126 valence electrons. The highest BCUT2D eigenvalue weighted by molar-refractivity contribution is 5.88. The molecule has 0 fully saturated rings. The maximum absolute atomic E-state index is 12.0. The molecule has 0 radical (unpaired) electrons. The van der Waals surface area contributed by atoms with Crippen LogP contribution in [0.4, 0.5) is 10.6 Å². The van der Waals surface area contributed by atoms with Crippen molar-refractivity contribution in [3.63, 3.8) is 0 Å². The van der Waals surface area contributed by atoms with Crippen LogP contribution in [0.1, 0.15) is 56.3 Å². The zero-order valence-electron chi connectivity index (χ0n) is 14.4. The van der Waals surface area contributed by atoms with Crippen LogP contribution in [0.15, 0.2) is 10.6 Å². The first-order chi connectivity index (χ1) is 11.0. The number of anilines is 1. The Morgan fingerprint density at radius 1 is 1.35 bits per heavy atom. The minimum absolute atomic E-state index is 0.232. The average Bonchev–Trinajstić information content (AvgIpc) is 3.09. The van der Waals surface area contributed by atoms with Gasteiger partial charge in [0, 0.05) is 36.8 Å². The molecule has 2 rings (SSSR count). The molecule has 0 spiro atoms. The minimum atomic E-state index is -0.304. The Balaban J connectivity index is 1.99. The molecule has 7 heteroatoms. The Morgan fingerprint density at radius 2 is 2.09 bits per heavy atom. The van der Waals surface area contributed by atoms with Crippen molar-refractivity contribution < 1.29 is 9.32 Å². The lowest BCUT2D eigenvalue weighted by Crippen LogP contribution is -2.29. The summed E-state index contributed by atoms with van der Waals surface area (Å²) in [5, 5.41) is 13.9. The van der Waals surface area contributed by atoms with Crippen molar-refractivity contribution in [1.82, 2.24) is 20.3 Å². The minimum Gasteiger partial charge on any atom is -0.359 e. The van der Waals surface area contributed by atoms with E-state index in [4.69, 9.17) is 4.52 Å². The molecule has 0 unspecified atom stereocenters. The van der Waals surface area contributed by atoms with E-state index < -0.39 is 0 Å². The van der Waals surface area contributed by atoms with Gasteiger partial charge in [-0.2, -0.15) is 5.10 Å². The summed E-state index contributed by atoms with van der Waals surface area (Å²) in [4.78, 5) is 12.0. The summed E-state index contributed by atoms with van der Waals surface area (Å²) < 4.78 is 7.05. The molecule has 2 aromatic heterocycles. The average molecular weight is 319 g/mol. The summed E-state index contributed by atoms with van der Waals surface area (Å²) >= 11 is 0. The first-order valence-electron chi connectivity index (χ1n) is 8.01. The summed E-state index contributed by atoms with van der Waals surface area (Å²) in [6.45, 7) is 8.61. The number of carbonyl (C=O) groups is 1. The number of hydrogen-bond acceptors (Lipinski definition) is 4. The van der Waals surface area contributed by atoms with Gasteiger partial charge < -0.3 is 9.84 Å². The molecule has 0 aliphatic heterocycles. The van der Waals surface area contributed by atoms with Crippen LogP contribution in [-0.2, 0) is 26.4 Å². The van der Waals surface area contributed by atoms with Crippen molar-refractivity contribution in [2.45, 2.75) is 53.0 Å². The molecule has 0 saturated heterocycles. The Labute approximate surface area is 136 Å². The molecular weight excluding hydrogens is 294 g/mol. The quantitative estimate of drug-likeness (QED) is 0.857. The standard InChI is InChI=1S/C16H25N5O2/c1-6-12-11(13(7-2)21(5)19-12)9-17-16(22)18-15-8-14(10(3)4)23-20-15/h8,10H,6-7,9H2,1-5H3,(H2,17,18,20,22). The third kappa shape index (κ3) is 3.91. The SMILES string of the molecule is CCc1nn(C)c(CC)c1CNC(=O)Nc1cc(C(C)C)on1. The van der Waals surface area contributed by atoms with E-state index in [1.165, 1.54) is 0 Å². The van der Waals surface area contributed by atoms with E-state index >= 15 is 0 Å². The van der Waals surface area contributed by atoms with Crippen molar-refractivity contribution >= 4 is 11.8 Å². The summed E-state index contributed by atoms with van der Waals surface area (Å²) in [6, 6.07) is 1.44. The summed E-state index contributed by atoms with van der Waals surface area (Å²) in [6.07, 6.45) is 1.72. The number of rotatable bonds is 6. The molecular formula is C16H25N5O2. The van der Waals surface area contributed by atoms with E-state index in [1.54, 1.807) is 6.07 Å². The van der Waals surface area contributed by atoms with Crippen LogP contribution in [0.3, 0.4) is 0 Å². The van der Waals surface area contributed by atoms with Crippen LogP contribution in [0.2, 0.25) is 0 Å². The van der Waals surface area contributed by atoms with Crippen LogP contribution in [0.25, 0.3) is 0 Å². The second-order valence-corrected chi connectivity index (χ2v) is 5.78. The summed E-state index contributed by atoms with van der Waals surface area (Å²) in [5.41, 5.74) is 3.26. The lowest BCUT2D eigenvalue weighted by molar-refractivity contribution is 0.251. The van der Waals surface area contributed by atoms with Gasteiger partial charge in [0.05, 0.1) is 5.69 Å². The molecule has 0 atom stereocenters. The number of urea groups is 1. The number of aryl methyl sites for hydroxylation is 2. The molecule has 0 aliphatic carbocycles. The highest BCUT2D eigenvalue weighted by atomic mass is 16.5. The molecule has 23 heavy (non-hydrogen) atoms. The van der Waals surface area contributed by atoms with Gasteiger partial charge >= 0.3 is 6.03 Å². The van der Waals surface area contributed by atoms with E-state index in [0.29, 0.717) is 12.4 Å². The topological polar surface area (TPSA) is 85.0 Å². The number of nitrogens with zero attached hydrogens (tertiary/aromatic N) is 3. The first kappa shape index (κ1) is 17.1. The maximum Gasteiger partial charge on any atom is 0.320 e. The summed E-state index contributed by atoms with van der Waals surface area (Å²) in [7, 11) is 1.93. The van der Waals surface area contributed by atoms with Crippen LogP contribution >= 0.6 is 0 Å². The van der Waals surface area contributed by atoms with E-state index in [9.17, 15) is 4.79 Å². The molecule has 2 amide bonds. The van der Waals surface area contributed by atoms with E-state index in [1.807, 2.05) is 25.6 Å². The molecule has 2 N–H and O–H groups in total. The zero-order valence-corrected chi connectivity index (χ0v) is 14.4. The monoisotopic (exact) mass is 319 g/mol. The Kier molecular flexibility index (Phi) is 5.41. The van der Waals surface area contributed by atoms with Crippen LogP contribution in [0.5, 0.6) is 0 Å². The van der Waals surface area contributed by atoms with Gasteiger partial charge in [-0.1, -0.05) is 32.9 Å². The van der Waals surface area contributed by atoms with Gasteiger partial charge in [0.15, 0.2) is 5.82 Å². The number of nitrogens with one attached hydrogen (secondary N) is 2. The first-order valence-corrected chi connectivity index (χ1v) is 8.01. The van der Waals surface area contributed by atoms with Crippen molar-refractivity contribution in [1.29, 1.82) is 0 Å². The summed E-state index contributed by atoms with van der Waals surface area (Å²) in [5.74, 6) is 1.40. The lowest BCUT2D eigenvalue weighted by Gasteiger charge is -2.07. The Hall–Kier alpha value is -2.31. The van der Waals surface area contributed by atoms with E-state index in [0.717, 1.165) is 35.6 Å². The number of carbonyl (C=O) groups excluding carboxylic acids is 1. The second kappa shape index (κ2) is 7.30. The fourth-order valence-corrected chi connectivity index (χ4v) is 2.54. The highest BCUT2D eigenvalue weighted by Crippen LogP contribution is 2.18. The highest BCUT2D eigenvalue weighted by Gasteiger charge is 2.15. The third-order valence-electron chi connectivity index (χ3n) is 3.79. The number of hydrogen-bond donors (Lipinski definition) is 2. The molecule has 0 aromatic carbocycles.